The highest BCUT2D eigenvalue weighted by molar-refractivity contribution is 6.07. The minimum absolute atomic E-state index is 0.0838. The molecule has 0 fully saturated rings. The molecule has 10 heteroatoms. The van der Waals surface area contributed by atoms with Crippen molar-refractivity contribution in [1.82, 2.24) is 4.98 Å². The first kappa shape index (κ1) is 21.7. The van der Waals surface area contributed by atoms with Crippen LogP contribution in [-0.2, 0) is 22.1 Å². The van der Waals surface area contributed by atoms with Crippen molar-refractivity contribution in [2.45, 2.75) is 39.3 Å². The number of esters is 1. The number of pyridine rings is 1. The van der Waals surface area contributed by atoms with E-state index >= 15 is 0 Å². The van der Waals surface area contributed by atoms with E-state index < -0.39 is 64.8 Å². The normalized spacial score (nSPS) is 11.8. The largest absolute Gasteiger partial charge is 0.465 e. The number of carbonyl (C=O) groups excluding carboxylic acids is 3. The zero-order chi connectivity index (χ0) is 20.2. The molecule has 0 saturated carbocycles. The second kappa shape index (κ2) is 8.33. The van der Waals surface area contributed by atoms with Gasteiger partial charge >= 0.3 is 12.1 Å². The van der Waals surface area contributed by atoms with Gasteiger partial charge < -0.3 is 9.53 Å². The Hall–Kier alpha value is -2.39. The van der Waals surface area contributed by atoms with Crippen molar-refractivity contribution in [3.63, 3.8) is 0 Å². The average Bonchev–Trinajstić information content (AvgIpc) is 2.51. The number of rotatable bonds is 7. The van der Waals surface area contributed by atoms with E-state index in [-0.39, 0.29) is 12.7 Å². The van der Waals surface area contributed by atoms with Crippen molar-refractivity contribution >= 4 is 18.0 Å². The summed E-state index contributed by atoms with van der Waals surface area (Å²) < 4.78 is 71.1. The topological polar surface area (TPSA) is 73.3 Å². The van der Waals surface area contributed by atoms with E-state index in [4.69, 9.17) is 0 Å². The van der Waals surface area contributed by atoms with E-state index in [1.54, 1.807) is 13.8 Å². The van der Waals surface area contributed by atoms with Crippen LogP contribution in [-0.4, -0.2) is 30.1 Å². The fraction of sp³-hybridized carbons (Fsp3) is 0.500. The fourth-order valence-corrected chi connectivity index (χ4v) is 2.44. The minimum Gasteiger partial charge on any atom is -0.465 e. The van der Waals surface area contributed by atoms with Crippen molar-refractivity contribution in [2.75, 3.05) is 7.11 Å². The highest BCUT2D eigenvalue weighted by atomic mass is 19.4. The molecule has 0 radical (unpaired) electrons. The number of alkyl halides is 5. The van der Waals surface area contributed by atoms with Crippen LogP contribution in [0.5, 0.6) is 0 Å². The van der Waals surface area contributed by atoms with Gasteiger partial charge in [-0.3, -0.25) is 4.79 Å². The lowest BCUT2D eigenvalue weighted by atomic mass is 9.88. The maximum Gasteiger partial charge on any atom is 0.434 e. The van der Waals surface area contributed by atoms with E-state index in [0.29, 0.717) is 0 Å². The Morgan fingerprint density at radius 1 is 1.19 bits per heavy atom. The van der Waals surface area contributed by atoms with Gasteiger partial charge in [-0.15, -0.1) is 0 Å². The number of nitrogens with zero attached hydrogens (tertiary/aromatic N) is 1. The molecular formula is C16H16F5NO4. The van der Waals surface area contributed by atoms with Crippen LogP contribution >= 0.6 is 0 Å². The third-order valence-electron chi connectivity index (χ3n) is 3.35. The quantitative estimate of drug-likeness (QED) is 0.236. The number of ketones is 1. The Morgan fingerprint density at radius 3 is 2.15 bits per heavy atom. The van der Waals surface area contributed by atoms with Crippen LogP contribution in [0, 0.1) is 5.92 Å². The molecule has 1 rings (SSSR count). The fourth-order valence-electron chi connectivity index (χ4n) is 2.44. The van der Waals surface area contributed by atoms with Crippen molar-refractivity contribution in [3.05, 3.63) is 28.1 Å². The van der Waals surface area contributed by atoms with Gasteiger partial charge in [-0.05, 0) is 17.9 Å². The lowest BCUT2D eigenvalue weighted by Crippen LogP contribution is -2.25. The van der Waals surface area contributed by atoms with E-state index in [1.807, 2.05) is 0 Å². The lowest BCUT2D eigenvalue weighted by molar-refractivity contribution is -0.142. The molecule has 0 aliphatic carbocycles. The number of halogens is 5. The molecule has 0 saturated heterocycles. The standard InChI is InChI=1S/C16H16F5NO4/c1-7(2)6-8-10(9(24)4-5-23)13(16(19,20)21)22-12(14(17)18)11(8)15(25)26-3/h5,7,14H,4,6H2,1-3H3. The molecule has 0 bridgehead atoms. The van der Waals surface area contributed by atoms with E-state index in [1.165, 1.54) is 0 Å². The van der Waals surface area contributed by atoms with Gasteiger partial charge in [-0.25, -0.2) is 18.6 Å². The van der Waals surface area contributed by atoms with Crippen molar-refractivity contribution in [3.8, 4) is 0 Å². The molecule has 0 amide bonds. The summed E-state index contributed by atoms with van der Waals surface area (Å²) in [5, 5.41) is 0. The third kappa shape index (κ3) is 4.61. The summed E-state index contributed by atoms with van der Waals surface area (Å²) in [5.41, 5.74) is -5.73. The second-order valence-corrected chi connectivity index (χ2v) is 5.76. The van der Waals surface area contributed by atoms with Gasteiger partial charge in [0.2, 0.25) is 0 Å². The number of hydrogen-bond donors (Lipinski definition) is 0. The van der Waals surface area contributed by atoms with Crippen LogP contribution in [0.3, 0.4) is 0 Å². The zero-order valence-electron chi connectivity index (χ0n) is 14.1. The summed E-state index contributed by atoms with van der Waals surface area (Å²) in [6, 6.07) is 0. The predicted molar refractivity (Wildman–Crippen MR) is 79.1 cm³/mol. The number of hydrogen-bond acceptors (Lipinski definition) is 5. The maximum atomic E-state index is 13.4. The second-order valence-electron chi connectivity index (χ2n) is 5.76. The van der Waals surface area contributed by atoms with Gasteiger partial charge in [-0.1, -0.05) is 13.8 Å². The third-order valence-corrected chi connectivity index (χ3v) is 3.35. The lowest BCUT2D eigenvalue weighted by Gasteiger charge is -2.21. The van der Waals surface area contributed by atoms with Gasteiger partial charge in [0.25, 0.3) is 6.43 Å². The number of methoxy groups -OCH3 is 1. The Balaban J connectivity index is 4.06. The first-order valence-corrected chi connectivity index (χ1v) is 7.42. The van der Waals surface area contributed by atoms with Crippen molar-refractivity contribution in [1.29, 1.82) is 0 Å². The van der Waals surface area contributed by atoms with E-state index in [0.717, 1.165) is 7.11 Å². The molecule has 0 aliphatic rings. The Morgan fingerprint density at radius 2 is 1.77 bits per heavy atom. The molecule has 1 aromatic heterocycles. The molecule has 0 atom stereocenters. The smallest absolute Gasteiger partial charge is 0.434 e. The summed E-state index contributed by atoms with van der Waals surface area (Å²) in [5.74, 6) is -2.99. The maximum absolute atomic E-state index is 13.4. The van der Waals surface area contributed by atoms with Crippen LogP contribution in [0.2, 0.25) is 0 Å². The van der Waals surface area contributed by atoms with Crippen molar-refractivity contribution in [2.24, 2.45) is 5.92 Å². The van der Waals surface area contributed by atoms with Crippen LogP contribution in [0.1, 0.15) is 64.4 Å². The molecule has 0 unspecified atom stereocenters. The zero-order valence-corrected chi connectivity index (χ0v) is 14.1. The monoisotopic (exact) mass is 381 g/mol. The van der Waals surface area contributed by atoms with Crippen LogP contribution in [0.25, 0.3) is 0 Å². The molecule has 0 aromatic carbocycles. The van der Waals surface area contributed by atoms with Gasteiger partial charge in [0.1, 0.15) is 12.0 Å². The van der Waals surface area contributed by atoms with Crippen LogP contribution in [0.4, 0.5) is 22.0 Å². The number of aldehydes is 1. The molecule has 144 valence electrons. The Bertz CT molecular complexity index is 714. The summed E-state index contributed by atoms with van der Waals surface area (Å²) in [6.45, 7) is 3.12. The molecule has 26 heavy (non-hydrogen) atoms. The summed E-state index contributed by atoms with van der Waals surface area (Å²) in [4.78, 5) is 37.6. The van der Waals surface area contributed by atoms with E-state index in [9.17, 15) is 36.3 Å². The first-order chi connectivity index (χ1) is 11.9. The SMILES string of the molecule is COC(=O)c1c(C(F)F)nc(C(F)(F)F)c(C(=O)CC=O)c1CC(C)C. The van der Waals surface area contributed by atoms with Crippen LogP contribution < -0.4 is 0 Å². The molecule has 0 N–H and O–H groups in total. The van der Waals surface area contributed by atoms with Crippen molar-refractivity contribution < 1.29 is 41.1 Å². The van der Waals surface area contributed by atoms with Crippen LogP contribution in [0.15, 0.2) is 0 Å². The Kier molecular flexibility index (Phi) is 6.93. The number of carbonyl (C=O) groups is 3. The molecular weight excluding hydrogens is 365 g/mol. The molecule has 0 aliphatic heterocycles. The van der Waals surface area contributed by atoms with Gasteiger partial charge in [-0.2, -0.15) is 13.2 Å². The van der Waals surface area contributed by atoms with E-state index in [2.05, 4.69) is 9.72 Å². The minimum atomic E-state index is -5.24. The number of ether oxygens (including phenoxy) is 1. The molecule has 5 nitrogen and oxygen atoms in total. The Labute approximate surface area is 145 Å². The molecule has 0 spiro atoms. The van der Waals surface area contributed by atoms with Gasteiger partial charge in [0, 0.05) is 0 Å². The summed E-state index contributed by atoms with van der Waals surface area (Å²) in [6.07, 6.45) is -9.87. The number of aromatic nitrogens is 1. The first-order valence-electron chi connectivity index (χ1n) is 7.42. The highest BCUT2D eigenvalue weighted by Gasteiger charge is 2.42. The predicted octanol–water partition coefficient (Wildman–Crippen LogP) is 3.79. The summed E-state index contributed by atoms with van der Waals surface area (Å²) >= 11 is 0. The average molecular weight is 381 g/mol. The van der Waals surface area contributed by atoms with Gasteiger partial charge in [0.05, 0.1) is 24.7 Å². The highest BCUT2D eigenvalue weighted by Crippen LogP contribution is 2.38. The molecule has 1 heterocycles. The van der Waals surface area contributed by atoms with Gasteiger partial charge in [0.15, 0.2) is 11.5 Å². The summed E-state index contributed by atoms with van der Waals surface area (Å²) in [7, 11) is 0.862. The molecule has 1 aromatic rings. The number of Topliss-reactive ketones (excluding diaryl/α,β-unsaturated/α-hetero) is 1.